The Morgan fingerprint density at radius 1 is 1.18 bits per heavy atom. The molecule has 1 aromatic carbocycles. The highest BCUT2D eigenvalue weighted by Gasteiger charge is 2.38. The minimum Gasteiger partial charge on any atom is -0.331 e. The first-order valence-electron chi connectivity index (χ1n) is 11.2. The van der Waals surface area contributed by atoms with Crippen molar-refractivity contribution in [2.75, 3.05) is 6.54 Å². The topological polar surface area (TPSA) is 51.0 Å². The molecule has 0 aliphatic heterocycles. The summed E-state index contributed by atoms with van der Waals surface area (Å²) in [5, 5.41) is 0. The van der Waals surface area contributed by atoms with E-state index in [1.165, 1.54) is 4.90 Å². The predicted molar refractivity (Wildman–Crippen MR) is 116 cm³/mol. The van der Waals surface area contributed by atoms with Crippen molar-refractivity contribution in [1.29, 1.82) is 0 Å². The van der Waals surface area contributed by atoms with Gasteiger partial charge < -0.3 is 9.47 Å². The fraction of sp³-hybridized carbons (Fsp3) is 0.458. The first-order valence-corrected chi connectivity index (χ1v) is 11.2. The number of unbranched alkanes of at least 4 members (excludes halogenated alkanes) is 2. The van der Waals surface area contributed by atoms with E-state index in [4.69, 9.17) is 0 Å². The molecule has 1 amide bonds. The number of amides is 1. The molecule has 0 unspecified atom stereocenters. The lowest BCUT2D eigenvalue weighted by molar-refractivity contribution is -0.138. The molecule has 33 heavy (non-hydrogen) atoms. The van der Waals surface area contributed by atoms with Crippen molar-refractivity contribution in [1.82, 2.24) is 19.4 Å². The van der Waals surface area contributed by atoms with Gasteiger partial charge in [0.15, 0.2) is 5.65 Å². The van der Waals surface area contributed by atoms with Gasteiger partial charge in [-0.2, -0.15) is 13.2 Å². The molecule has 1 saturated carbocycles. The number of pyridine rings is 1. The van der Waals surface area contributed by atoms with Gasteiger partial charge in [0.1, 0.15) is 17.2 Å². The SMILES string of the molecule is CCCCCN(Cc1nc2cccnc2n1CC1CC1)C(=O)c1c(F)cccc1C(F)(F)F. The molecule has 5 nitrogen and oxygen atoms in total. The molecule has 4 rings (SSSR count). The summed E-state index contributed by atoms with van der Waals surface area (Å²) in [6, 6.07) is 6.18. The van der Waals surface area contributed by atoms with Crippen molar-refractivity contribution in [3.05, 3.63) is 59.3 Å². The van der Waals surface area contributed by atoms with E-state index < -0.39 is 29.0 Å². The van der Waals surface area contributed by atoms with Crippen LogP contribution < -0.4 is 0 Å². The molecule has 0 bridgehead atoms. The molecule has 176 valence electrons. The summed E-state index contributed by atoms with van der Waals surface area (Å²) in [7, 11) is 0. The minimum absolute atomic E-state index is 0.0166. The largest absolute Gasteiger partial charge is 0.417 e. The third-order valence-corrected chi connectivity index (χ3v) is 5.90. The maximum absolute atomic E-state index is 14.6. The van der Waals surface area contributed by atoms with Crippen LogP contribution in [0.25, 0.3) is 11.2 Å². The summed E-state index contributed by atoms with van der Waals surface area (Å²) in [6.07, 6.45) is 1.28. The van der Waals surface area contributed by atoms with Gasteiger partial charge in [0.2, 0.25) is 0 Å². The highest BCUT2D eigenvalue weighted by molar-refractivity contribution is 5.96. The molecule has 0 atom stereocenters. The Morgan fingerprint density at radius 3 is 2.67 bits per heavy atom. The van der Waals surface area contributed by atoms with Crippen LogP contribution in [-0.4, -0.2) is 31.9 Å². The number of carbonyl (C=O) groups excluding carboxylic acids is 1. The van der Waals surface area contributed by atoms with E-state index in [0.717, 1.165) is 43.9 Å². The van der Waals surface area contributed by atoms with Crippen molar-refractivity contribution in [3.8, 4) is 0 Å². The van der Waals surface area contributed by atoms with Crippen LogP contribution in [0, 0.1) is 11.7 Å². The molecule has 1 aliphatic rings. The van der Waals surface area contributed by atoms with Crippen LogP contribution in [0.4, 0.5) is 17.6 Å². The molecule has 0 saturated heterocycles. The van der Waals surface area contributed by atoms with E-state index in [1.54, 1.807) is 12.3 Å². The van der Waals surface area contributed by atoms with Gasteiger partial charge in [-0.15, -0.1) is 0 Å². The molecular weight excluding hydrogens is 436 g/mol. The Labute approximate surface area is 189 Å². The number of alkyl halides is 3. The van der Waals surface area contributed by atoms with Gasteiger partial charge in [0, 0.05) is 19.3 Å². The van der Waals surface area contributed by atoms with Crippen LogP contribution in [0.15, 0.2) is 36.5 Å². The maximum Gasteiger partial charge on any atom is 0.417 e. The van der Waals surface area contributed by atoms with Gasteiger partial charge in [-0.3, -0.25) is 4.79 Å². The van der Waals surface area contributed by atoms with Crippen molar-refractivity contribution >= 4 is 17.1 Å². The van der Waals surface area contributed by atoms with Crippen LogP contribution in [0.1, 0.15) is 60.8 Å². The van der Waals surface area contributed by atoms with Crippen LogP contribution in [0.3, 0.4) is 0 Å². The lowest BCUT2D eigenvalue weighted by Crippen LogP contribution is -2.35. The van der Waals surface area contributed by atoms with Crippen molar-refractivity contribution < 1.29 is 22.4 Å². The lowest BCUT2D eigenvalue weighted by Gasteiger charge is -2.25. The molecular formula is C24H26F4N4O. The second-order valence-corrected chi connectivity index (χ2v) is 8.52. The summed E-state index contributed by atoms with van der Waals surface area (Å²) in [6.45, 7) is 2.87. The number of imidazole rings is 1. The normalized spacial score (nSPS) is 14.1. The first-order chi connectivity index (χ1) is 15.8. The van der Waals surface area contributed by atoms with Crippen LogP contribution in [0.5, 0.6) is 0 Å². The summed E-state index contributed by atoms with van der Waals surface area (Å²) >= 11 is 0. The Hall–Kier alpha value is -2.97. The average Bonchev–Trinajstić information content (AvgIpc) is 3.53. The van der Waals surface area contributed by atoms with E-state index >= 15 is 0 Å². The highest BCUT2D eigenvalue weighted by Crippen LogP contribution is 2.35. The van der Waals surface area contributed by atoms with Crippen molar-refractivity contribution in [2.24, 2.45) is 5.92 Å². The molecule has 1 aliphatic carbocycles. The monoisotopic (exact) mass is 462 g/mol. The van der Waals surface area contributed by atoms with Gasteiger partial charge in [0.25, 0.3) is 5.91 Å². The number of benzene rings is 1. The standard InChI is InChI=1S/C24H26F4N4O/c1-2-3-4-13-31(23(33)21-17(24(26,27)28)7-5-8-18(21)25)15-20-30-19-9-6-12-29-22(19)32(20)14-16-10-11-16/h5-9,12,16H,2-4,10-11,13-15H2,1H3. The summed E-state index contributed by atoms with van der Waals surface area (Å²) in [5.41, 5.74) is -0.858. The average molecular weight is 462 g/mol. The van der Waals surface area contributed by atoms with Crippen molar-refractivity contribution in [3.63, 3.8) is 0 Å². The predicted octanol–water partition coefficient (Wildman–Crippen LogP) is 5.83. The number of rotatable bonds is 9. The minimum atomic E-state index is -4.84. The van der Waals surface area contributed by atoms with E-state index in [0.29, 0.717) is 35.9 Å². The smallest absolute Gasteiger partial charge is 0.331 e. The molecule has 2 aromatic heterocycles. The van der Waals surface area contributed by atoms with Crippen LogP contribution >= 0.6 is 0 Å². The van der Waals surface area contributed by atoms with Crippen LogP contribution in [-0.2, 0) is 19.3 Å². The zero-order valence-electron chi connectivity index (χ0n) is 18.4. The fourth-order valence-electron chi connectivity index (χ4n) is 3.99. The highest BCUT2D eigenvalue weighted by atomic mass is 19.4. The molecule has 0 radical (unpaired) electrons. The zero-order valence-corrected chi connectivity index (χ0v) is 18.4. The van der Waals surface area contributed by atoms with Crippen LogP contribution in [0.2, 0.25) is 0 Å². The summed E-state index contributed by atoms with van der Waals surface area (Å²) in [4.78, 5) is 23.7. The fourth-order valence-corrected chi connectivity index (χ4v) is 3.99. The van der Waals surface area contributed by atoms with E-state index in [-0.39, 0.29) is 13.1 Å². The second-order valence-electron chi connectivity index (χ2n) is 8.52. The third-order valence-electron chi connectivity index (χ3n) is 5.90. The number of hydrogen-bond donors (Lipinski definition) is 0. The number of aromatic nitrogens is 3. The van der Waals surface area contributed by atoms with Gasteiger partial charge in [0.05, 0.1) is 17.7 Å². The lowest BCUT2D eigenvalue weighted by atomic mass is 10.0. The zero-order chi connectivity index (χ0) is 23.6. The Balaban J connectivity index is 1.72. The van der Waals surface area contributed by atoms with Gasteiger partial charge in [-0.05, 0) is 49.4 Å². The number of nitrogens with zero attached hydrogens (tertiary/aromatic N) is 4. The molecule has 3 aromatic rings. The molecule has 0 N–H and O–H groups in total. The quantitative estimate of drug-likeness (QED) is 0.297. The Morgan fingerprint density at radius 2 is 1.97 bits per heavy atom. The maximum atomic E-state index is 14.6. The molecule has 1 fully saturated rings. The second kappa shape index (κ2) is 9.49. The number of hydrogen-bond acceptors (Lipinski definition) is 3. The summed E-state index contributed by atoms with van der Waals surface area (Å²) in [5.74, 6) is -1.11. The Kier molecular flexibility index (Phi) is 6.67. The summed E-state index contributed by atoms with van der Waals surface area (Å²) < 4.78 is 57.2. The van der Waals surface area contributed by atoms with Crippen molar-refractivity contribution in [2.45, 2.75) is 58.3 Å². The molecule has 9 heteroatoms. The molecule has 2 heterocycles. The number of halogens is 4. The van der Waals surface area contributed by atoms with E-state index in [2.05, 4.69) is 9.97 Å². The van der Waals surface area contributed by atoms with Gasteiger partial charge in [-0.25, -0.2) is 14.4 Å². The van der Waals surface area contributed by atoms with E-state index in [9.17, 15) is 22.4 Å². The Bertz CT molecular complexity index is 1140. The van der Waals surface area contributed by atoms with E-state index in [1.807, 2.05) is 17.6 Å². The number of fused-ring (bicyclic) bond motifs is 1. The first kappa shape index (κ1) is 23.2. The third kappa shape index (κ3) is 5.17. The van der Waals surface area contributed by atoms with Gasteiger partial charge in [-0.1, -0.05) is 25.8 Å². The van der Waals surface area contributed by atoms with Gasteiger partial charge >= 0.3 is 6.18 Å². The number of carbonyl (C=O) groups is 1. The molecule has 0 spiro atoms.